The van der Waals surface area contributed by atoms with Crippen LogP contribution in [0.25, 0.3) is 0 Å². The molecule has 2 aliphatic rings. The molecule has 1 amide bonds. The molecular weight excluding hydrogens is 418 g/mol. The van der Waals surface area contributed by atoms with Crippen LogP contribution in [0.5, 0.6) is 0 Å². The van der Waals surface area contributed by atoms with Gasteiger partial charge in [-0.2, -0.15) is 5.10 Å². The van der Waals surface area contributed by atoms with Gasteiger partial charge >= 0.3 is 5.97 Å². The Labute approximate surface area is 194 Å². The molecule has 172 valence electrons. The Kier molecular flexibility index (Phi) is 6.33. The van der Waals surface area contributed by atoms with Crippen LogP contribution in [0.3, 0.4) is 0 Å². The van der Waals surface area contributed by atoms with Gasteiger partial charge in [0.2, 0.25) is 0 Å². The number of hydrogen-bond donors (Lipinski definition) is 1. The van der Waals surface area contributed by atoms with Gasteiger partial charge in [0.15, 0.2) is 11.3 Å². The Morgan fingerprint density at radius 1 is 1.00 bits per heavy atom. The molecule has 0 aliphatic carbocycles. The lowest BCUT2D eigenvalue weighted by molar-refractivity contribution is -0.163. The summed E-state index contributed by atoms with van der Waals surface area (Å²) >= 11 is 0. The topological polar surface area (TPSA) is 82.4 Å². The van der Waals surface area contributed by atoms with E-state index < -0.39 is 29.6 Å². The number of carbonyl (C=O) groups excluding carboxylic acids is 2. The van der Waals surface area contributed by atoms with Crippen molar-refractivity contribution in [3.05, 3.63) is 83.9 Å². The molecule has 0 spiro atoms. The van der Waals surface area contributed by atoms with Crippen LogP contribution in [0.4, 0.5) is 0 Å². The number of methoxy groups -OCH3 is 1. The first kappa shape index (κ1) is 22.7. The fraction of sp³-hybridized carbons (Fsp3) is 0.346. The van der Waals surface area contributed by atoms with E-state index >= 15 is 0 Å². The molecular formula is C26H29N3O4. The second-order valence-electron chi connectivity index (χ2n) is 8.16. The summed E-state index contributed by atoms with van der Waals surface area (Å²) in [5.41, 5.74) is 0.0425. The molecule has 7 nitrogen and oxygen atoms in total. The van der Waals surface area contributed by atoms with Crippen molar-refractivity contribution in [3.8, 4) is 0 Å². The van der Waals surface area contributed by atoms with E-state index in [0.29, 0.717) is 13.1 Å². The quantitative estimate of drug-likeness (QED) is 0.544. The van der Waals surface area contributed by atoms with E-state index in [2.05, 4.69) is 5.10 Å². The zero-order valence-electron chi connectivity index (χ0n) is 19.1. The van der Waals surface area contributed by atoms with Crippen molar-refractivity contribution in [3.63, 3.8) is 0 Å². The van der Waals surface area contributed by atoms with Crippen LogP contribution in [-0.2, 0) is 14.3 Å². The van der Waals surface area contributed by atoms with E-state index in [1.807, 2.05) is 86.7 Å². The summed E-state index contributed by atoms with van der Waals surface area (Å²) in [6, 6.07) is 18.6. The predicted molar refractivity (Wildman–Crippen MR) is 125 cm³/mol. The van der Waals surface area contributed by atoms with Crippen molar-refractivity contribution < 1.29 is 19.4 Å². The Hall–Kier alpha value is -3.45. The molecule has 2 heterocycles. The summed E-state index contributed by atoms with van der Waals surface area (Å²) in [4.78, 5) is 28.5. The van der Waals surface area contributed by atoms with Gasteiger partial charge in [0, 0.05) is 19.0 Å². The highest BCUT2D eigenvalue weighted by Crippen LogP contribution is 2.50. The van der Waals surface area contributed by atoms with Gasteiger partial charge in [0.25, 0.3) is 5.91 Å². The van der Waals surface area contributed by atoms with Crippen molar-refractivity contribution >= 4 is 17.6 Å². The molecule has 2 aliphatic heterocycles. The first-order valence-electron chi connectivity index (χ1n) is 11.2. The lowest BCUT2D eigenvalue weighted by Crippen LogP contribution is -2.64. The average Bonchev–Trinajstić information content (AvgIpc) is 3.18. The van der Waals surface area contributed by atoms with Crippen molar-refractivity contribution in [2.24, 2.45) is 5.10 Å². The van der Waals surface area contributed by atoms with Gasteiger partial charge in [0.1, 0.15) is 6.10 Å². The number of fused-ring (bicyclic) bond motifs is 1. The number of carbonyl (C=O) groups is 2. The molecule has 0 saturated heterocycles. The van der Waals surface area contributed by atoms with Crippen LogP contribution in [0.2, 0.25) is 0 Å². The maximum absolute atomic E-state index is 13.6. The number of rotatable bonds is 6. The summed E-state index contributed by atoms with van der Waals surface area (Å²) in [6.45, 7) is 4.67. The van der Waals surface area contributed by atoms with E-state index in [0.717, 1.165) is 11.1 Å². The van der Waals surface area contributed by atoms with Gasteiger partial charge in [-0.3, -0.25) is 9.80 Å². The molecule has 2 aromatic rings. The number of benzene rings is 2. The van der Waals surface area contributed by atoms with Crippen LogP contribution in [0.15, 0.2) is 77.9 Å². The van der Waals surface area contributed by atoms with Crippen molar-refractivity contribution in [2.75, 3.05) is 20.2 Å². The molecule has 4 atom stereocenters. The van der Waals surface area contributed by atoms with E-state index in [9.17, 15) is 14.7 Å². The molecule has 2 aromatic carbocycles. The molecule has 4 unspecified atom stereocenters. The van der Waals surface area contributed by atoms with Crippen molar-refractivity contribution in [1.82, 2.24) is 9.91 Å². The van der Waals surface area contributed by atoms with Gasteiger partial charge in [-0.1, -0.05) is 72.8 Å². The lowest BCUT2D eigenvalue weighted by atomic mass is 9.71. The highest BCUT2D eigenvalue weighted by Gasteiger charge is 2.65. The molecule has 7 heteroatoms. The fourth-order valence-corrected chi connectivity index (χ4v) is 4.89. The summed E-state index contributed by atoms with van der Waals surface area (Å²) in [5.74, 6) is -1.60. The van der Waals surface area contributed by atoms with Gasteiger partial charge in [-0.25, -0.2) is 4.79 Å². The Morgan fingerprint density at radius 2 is 1.58 bits per heavy atom. The normalized spacial score (nSPS) is 25.9. The van der Waals surface area contributed by atoms with Crippen LogP contribution < -0.4 is 0 Å². The number of aliphatic hydroxyl groups is 1. The number of esters is 1. The highest BCUT2D eigenvalue weighted by molar-refractivity contribution is 6.42. The second-order valence-corrected chi connectivity index (χ2v) is 8.16. The third-order valence-electron chi connectivity index (χ3n) is 6.58. The highest BCUT2D eigenvalue weighted by atomic mass is 16.5. The molecule has 0 radical (unpaired) electrons. The van der Waals surface area contributed by atoms with E-state index in [4.69, 9.17) is 4.74 Å². The maximum Gasteiger partial charge on any atom is 0.337 e. The zero-order chi connectivity index (χ0) is 23.6. The van der Waals surface area contributed by atoms with Crippen LogP contribution in [-0.4, -0.2) is 64.4 Å². The standard InChI is InChI=1S/C26H29N3O4/c1-4-28(5-2)24(31)22-23(30)26(25(32)33-3)20(18-12-8-6-9-13-18)16-17-21(29(26)27-22)19-14-10-7-11-15-19/h6-17,20-21,23,30H,4-5H2,1-3H3. The van der Waals surface area contributed by atoms with E-state index in [-0.39, 0.29) is 11.6 Å². The smallest absolute Gasteiger partial charge is 0.337 e. The predicted octanol–water partition coefficient (Wildman–Crippen LogP) is 2.89. The number of amides is 1. The van der Waals surface area contributed by atoms with Crippen molar-refractivity contribution in [1.29, 1.82) is 0 Å². The Balaban J connectivity index is 1.94. The number of aliphatic hydroxyl groups excluding tert-OH is 1. The third kappa shape index (κ3) is 3.53. The summed E-state index contributed by atoms with van der Waals surface area (Å²) < 4.78 is 5.27. The molecule has 0 saturated carbocycles. The number of ether oxygens (including phenoxy) is 1. The number of nitrogens with zero attached hydrogens (tertiary/aromatic N) is 3. The van der Waals surface area contributed by atoms with Gasteiger partial charge in [0.05, 0.1) is 13.2 Å². The first-order chi connectivity index (χ1) is 16.0. The van der Waals surface area contributed by atoms with Crippen LogP contribution in [0, 0.1) is 0 Å². The maximum atomic E-state index is 13.6. The molecule has 4 rings (SSSR count). The van der Waals surface area contributed by atoms with Gasteiger partial charge in [-0.05, 0) is 25.0 Å². The first-order valence-corrected chi connectivity index (χ1v) is 11.2. The zero-order valence-corrected chi connectivity index (χ0v) is 19.1. The fourth-order valence-electron chi connectivity index (χ4n) is 4.89. The van der Waals surface area contributed by atoms with Crippen molar-refractivity contribution in [2.45, 2.75) is 37.5 Å². The number of hydrogen-bond acceptors (Lipinski definition) is 6. The van der Waals surface area contributed by atoms with Crippen LogP contribution >= 0.6 is 0 Å². The van der Waals surface area contributed by atoms with Crippen LogP contribution in [0.1, 0.15) is 36.9 Å². The molecule has 33 heavy (non-hydrogen) atoms. The molecule has 1 N–H and O–H groups in total. The summed E-state index contributed by atoms with van der Waals surface area (Å²) in [7, 11) is 1.30. The lowest BCUT2D eigenvalue weighted by Gasteiger charge is -2.47. The summed E-state index contributed by atoms with van der Waals surface area (Å²) in [5, 5.41) is 17.9. The largest absolute Gasteiger partial charge is 0.467 e. The average molecular weight is 448 g/mol. The Bertz CT molecular complexity index is 1070. The SMILES string of the molecule is CCN(CC)C(=O)C1=NN2C(c3ccccc3)C=CC(c3ccccc3)C2(C(=O)OC)C1O. The van der Waals surface area contributed by atoms with Gasteiger partial charge < -0.3 is 14.7 Å². The molecule has 0 aromatic heterocycles. The molecule has 0 bridgehead atoms. The third-order valence-corrected chi connectivity index (χ3v) is 6.58. The monoisotopic (exact) mass is 447 g/mol. The Morgan fingerprint density at radius 3 is 2.12 bits per heavy atom. The van der Waals surface area contributed by atoms with E-state index in [1.165, 1.54) is 7.11 Å². The summed E-state index contributed by atoms with van der Waals surface area (Å²) in [6.07, 6.45) is 2.42. The van der Waals surface area contributed by atoms with E-state index in [1.54, 1.807) is 9.91 Å². The second kappa shape index (κ2) is 9.19. The minimum Gasteiger partial charge on any atom is -0.467 e. The number of hydrazone groups is 1. The minimum absolute atomic E-state index is 0.0466. The minimum atomic E-state index is -1.62. The molecule has 0 fully saturated rings. The van der Waals surface area contributed by atoms with Gasteiger partial charge in [-0.15, -0.1) is 0 Å².